The number of fused-ring (bicyclic) bond motifs is 2. The summed E-state index contributed by atoms with van der Waals surface area (Å²) in [7, 11) is 1.75. The third kappa shape index (κ3) is 4.53. The molecule has 4 heterocycles. The minimum atomic E-state index is -0.187. The maximum atomic E-state index is 12.9. The molecule has 1 aromatic carbocycles. The van der Waals surface area contributed by atoms with E-state index in [1.54, 1.807) is 30.1 Å². The van der Waals surface area contributed by atoms with Crippen molar-refractivity contribution in [3.05, 3.63) is 65.3 Å². The Kier molecular flexibility index (Phi) is 6.29. The van der Waals surface area contributed by atoms with Crippen LogP contribution in [-0.2, 0) is 13.6 Å². The van der Waals surface area contributed by atoms with E-state index in [1.807, 2.05) is 19.9 Å². The van der Waals surface area contributed by atoms with Gasteiger partial charge in [0.1, 0.15) is 18.7 Å². The SMILES string of the molecule is CC.Cn1cnc2ncn(Cc3ncno3)c(=O)c21.Fc1cccc(N2C[C@H]3C[C@H]3C2)c1. The molecule has 0 unspecified atom stereocenters. The number of aromatic nitrogens is 6. The number of halogens is 1. The summed E-state index contributed by atoms with van der Waals surface area (Å²) in [6, 6.07) is 6.91. The Hall–Kier alpha value is -3.56. The number of aryl methyl sites for hydroxylation is 1. The molecule has 32 heavy (non-hydrogen) atoms. The summed E-state index contributed by atoms with van der Waals surface area (Å²) in [6.07, 6.45) is 5.65. The third-order valence-corrected chi connectivity index (χ3v) is 5.57. The van der Waals surface area contributed by atoms with Crippen molar-refractivity contribution in [1.29, 1.82) is 0 Å². The molecule has 1 aliphatic heterocycles. The lowest BCUT2D eigenvalue weighted by molar-refractivity contribution is 0.368. The number of rotatable bonds is 3. The Balaban J connectivity index is 0.000000146. The van der Waals surface area contributed by atoms with Crippen LogP contribution in [0.5, 0.6) is 0 Å². The van der Waals surface area contributed by atoms with Gasteiger partial charge in [0, 0.05) is 25.8 Å². The summed E-state index contributed by atoms with van der Waals surface area (Å²) >= 11 is 0. The lowest BCUT2D eigenvalue weighted by atomic mass is 10.3. The van der Waals surface area contributed by atoms with Gasteiger partial charge in [-0.25, -0.2) is 14.4 Å². The quantitative estimate of drug-likeness (QED) is 0.484. The Labute approximate surface area is 184 Å². The van der Waals surface area contributed by atoms with E-state index in [2.05, 4.69) is 25.0 Å². The van der Waals surface area contributed by atoms with Gasteiger partial charge in [-0.3, -0.25) is 9.36 Å². The lowest BCUT2D eigenvalue weighted by Crippen LogP contribution is -2.22. The van der Waals surface area contributed by atoms with Crippen molar-refractivity contribution in [3.8, 4) is 0 Å². The second-order valence-electron chi connectivity index (χ2n) is 7.68. The minimum absolute atomic E-state index is 0.127. The topological polar surface area (TPSA) is 94.9 Å². The molecule has 168 valence electrons. The molecule has 0 amide bonds. The number of piperidine rings is 1. The van der Waals surface area contributed by atoms with Crippen molar-refractivity contribution in [2.45, 2.75) is 26.8 Å². The molecule has 10 heteroatoms. The Bertz CT molecular complexity index is 1220. The molecule has 1 saturated carbocycles. The standard InChI is InChI=1S/C11H12FN.C9H8N6O2.C2H6/c12-10-2-1-3-11(5-10)13-6-8-4-9(8)7-13;1-14-4-11-8-7(14)9(16)15(5-12-8)2-6-10-3-13-17-6;1-2/h1-3,5,8-9H,4,6-7H2;3-5H,2H2,1H3;1-2H3/t8-,9+;;. The first kappa shape index (κ1) is 21.7. The molecule has 1 aliphatic carbocycles. The highest BCUT2D eigenvalue weighted by atomic mass is 19.1. The molecular formula is C22H26FN7O2. The van der Waals surface area contributed by atoms with E-state index in [9.17, 15) is 9.18 Å². The maximum Gasteiger partial charge on any atom is 0.280 e. The Morgan fingerprint density at radius 1 is 1.12 bits per heavy atom. The molecule has 2 aliphatic rings. The van der Waals surface area contributed by atoms with Crippen molar-refractivity contribution in [2.24, 2.45) is 18.9 Å². The van der Waals surface area contributed by atoms with Gasteiger partial charge in [-0.1, -0.05) is 25.1 Å². The molecule has 0 N–H and O–H groups in total. The van der Waals surface area contributed by atoms with Crippen molar-refractivity contribution < 1.29 is 8.91 Å². The fraction of sp³-hybridized carbons (Fsp3) is 0.409. The van der Waals surface area contributed by atoms with Gasteiger partial charge in [-0.15, -0.1) is 0 Å². The van der Waals surface area contributed by atoms with Crippen LogP contribution < -0.4 is 10.5 Å². The fourth-order valence-electron chi connectivity index (χ4n) is 3.88. The van der Waals surface area contributed by atoms with E-state index in [4.69, 9.17) is 4.52 Å². The molecule has 4 aromatic rings. The number of hydrogen-bond donors (Lipinski definition) is 0. The number of imidazole rings is 1. The number of anilines is 1. The second-order valence-corrected chi connectivity index (χ2v) is 7.68. The van der Waals surface area contributed by atoms with Gasteiger partial charge in [0.2, 0.25) is 5.89 Å². The lowest BCUT2D eigenvalue weighted by Gasteiger charge is -2.19. The van der Waals surface area contributed by atoms with Crippen LogP contribution in [0.1, 0.15) is 26.2 Å². The van der Waals surface area contributed by atoms with Crippen LogP contribution in [0, 0.1) is 17.7 Å². The van der Waals surface area contributed by atoms with E-state index < -0.39 is 0 Å². The fourth-order valence-corrected chi connectivity index (χ4v) is 3.88. The average Bonchev–Trinajstić information content (AvgIpc) is 3.20. The highest BCUT2D eigenvalue weighted by molar-refractivity contribution is 5.68. The van der Waals surface area contributed by atoms with E-state index >= 15 is 0 Å². The normalized spacial score (nSPS) is 18.4. The Morgan fingerprint density at radius 2 is 1.88 bits per heavy atom. The largest absolute Gasteiger partial charge is 0.371 e. The molecule has 3 aromatic heterocycles. The maximum absolute atomic E-state index is 12.9. The summed E-state index contributed by atoms with van der Waals surface area (Å²) < 4.78 is 20.8. The van der Waals surface area contributed by atoms with E-state index in [0.29, 0.717) is 17.1 Å². The van der Waals surface area contributed by atoms with Gasteiger partial charge < -0.3 is 14.0 Å². The minimum Gasteiger partial charge on any atom is -0.371 e. The molecule has 1 saturated heterocycles. The van der Waals surface area contributed by atoms with Crippen LogP contribution in [0.2, 0.25) is 0 Å². The van der Waals surface area contributed by atoms with Crippen molar-refractivity contribution in [3.63, 3.8) is 0 Å². The van der Waals surface area contributed by atoms with Crippen LogP contribution >= 0.6 is 0 Å². The van der Waals surface area contributed by atoms with Crippen molar-refractivity contribution in [2.75, 3.05) is 18.0 Å². The predicted molar refractivity (Wildman–Crippen MR) is 118 cm³/mol. The predicted octanol–water partition coefficient (Wildman–Crippen LogP) is 2.87. The zero-order valence-electron chi connectivity index (χ0n) is 18.3. The molecule has 2 fully saturated rings. The van der Waals surface area contributed by atoms with Crippen molar-refractivity contribution >= 4 is 16.9 Å². The van der Waals surface area contributed by atoms with E-state index in [0.717, 1.165) is 30.6 Å². The van der Waals surface area contributed by atoms with Gasteiger partial charge in [0.05, 0.1) is 6.33 Å². The summed E-state index contributed by atoms with van der Waals surface area (Å²) in [6.45, 7) is 6.47. The van der Waals surface area contributed by atoms with Gasteiger partial charge >= 0.3 is 0 Å². The summed E-state index contributed by atoms with van der Waals surface area (Å²) in [5.74, 6) is 2.04. The van der Waals surface area contributed by atoms with Gasteiger partial charge in [-0.05, 0) is 36.5 Å². The van der Waals surface area contributed by atoms with E-state index in [1.165, 1.54) is 29.7 Å². The van der Waals surface area contributed by atoms with Gasteiger partial charge in [0.15, 0.2) is 17.5 Å². The van der Waals surface area contributed by atoms with Crippen LogP contribution in [0.25, 0.3) is 11.2 Å². The molecule has 9 nitrogen and oxygen atoms in total. The third-order valence-electron chi connectivity index (χ3n) is 5.57. The van der Waals surface area contributed by atoms with Crippen LogP contribution in [0.4, 0.5) is 10.1 Å². The number of nitrogens with zero attached hydrogens (tertiary/aromatic N) is 7. The monoisotopic (exact) mass is 439 g/mol. The molecule has 0 radical (unpaired) electrons. The molecule has 0 spiro atoms. The van der Waals surface area contributed by atoms with E-state index in [-0.39, 0.29) is 17.9 Å². The Morgan fingerprint density at radius 3 is 2.56 bits per heavy atom. The summed E-state index contributed by atoms with van der Waals surface area (Å²) in [5.41, 5.74) is 1.74. The highest BCUT2D eigenvalue weighted by Gasteiger charge is 2.45. The van der Waals surface area contributed by atoms with Gasteiger partial charge in [-0.2, -0.15) is 4.98 Å². The summed E-state index contributed by atoms with van der Waals surface area (Å²) in [4.78, 5) is 26.3. The number of hydrogen-bond acceptors (Lipinski definition) is 7. The van der Waals surface area contributed by atoms with Crippen LogP contribution in [0.3, 0.4) is 0 Å². The smallest absolute Gasteiger partial charge is 0.280 e. The van der Waals surface area contributed by atoms with Crippen LogP contribution in [0.15, 0.2) is 52.6 Å². The summed E-state index contributed by atoms with van der Waals surface area (Å²) in [5, 5.41) is 3.48. The molecule has 6 rings (SSSR count). The zero-order chi connectivity index (χ0) is 22.7. The molecule has 0 bridgehead atoms. The average molecular weight is 439 g/mol. The van der Waals surface area contributed by atoms with Crippen molar-refractivity contribution in [1.82, 2.24) is 29.2 Å². The first-order valence-electron chi connectivity index (χ1n) is 10.7. The molecular weight excluding hydrogens is 413 g/mol. The number of benzene rings is 1. The molecule has 2 atom stereocenters. The van der Waals surface area contributed by atoms with Crippen LogP contribution in [-0.4, -0.2) is 42.3 Å². The first-order chi connectivity index (χ1) is 15.6. The van der Waals surface area contributed by atoms with Gasteiger partial charge in [0.25, 0.3) is 5.56 Å². The zero-order valence-corrected chi connectivity index (χ0v) is 18.3. The highest BCUT2D eigenvalue weighted by Crippen LogP contribution is 2.46. The second kappa shape index (κ2) is 9.29. The first-order valence-corrected chi connectivity index (χ1v) is 10.7.